The molecule has 1 aliphatic rings. The van der Waals surface area contributed by atoms with Crippen molar-refractivity contribution < 1.29 is 42.6 Å². The van der Waals surface area contributed by atoms with Crippen molar-refractivity contribution in [2.45, 2.75) is 103 Å². The predicted octanol–water partition coefficient (Wildman–Crippen LogP) is 2.39. The fourth-order valence-corrected chi connectivity index (χ4v) is 3.92. The lowest BCUT2D eigenvalue weighted by atomic mass is 9.96. The third kappa shape index (κ3) is 11.0. The minimum Gasteiger partial charge on any atom is -0.475 e. The molecule has 10 nitrogen and oxygen atoms in total. The molecule has 200 valence electrons. The molecule has 35 heavy (non-hydrogen) atoms. The standard InChI is InChI=1S/C23H37F2N3O7/c1-12(2)10-15(19(30)26-14(11-16(24)25)18(29)21(32)33)27-20(31)17(13-8-6-7-9-13)28-22(34)35-23(3,4)5/h12-17H,6-11H2,1-5H3,(H,26,30)(H,27,31)(H,28,34)(H,32,33)/t14-,15-,17-/m0/s1. The molecule has 12 heteroatoms. The molecule has 0 radical (unpaired) electrons. The second-order valence-electron chi connectivity index (χ2n) is 10.2. The van der Waals surface area contributed by atoms with E-state index in [1.54, 1.807) is 34.6 Å². The Morgan fingerprint density at radius 1 is 0.914 bits per heavy atom. The lowest BCUT2D eigenvalue weighted by molar-refractivity contribution is -0.151. The number of ketones is 1. The van der Waals surface area contributed by atoms with Crippen LogP contribution >= 0.6 is 0 Å². The van der Waals surface area contributed by atoms with E-state index in [1.807, 2.05) is 5.32 Å². The van der Waals surface area contributed by atoms with Crippen molar-refractivity contribution in [2.75, 3.05) is 0 Å². The first-order valence-electron chi connectivity index (χ1n) is 11.8. The number of hydrogen-bond acceptors (Lipinski definition) is 6. The second kappa shape index (κ2) is 13.3. The number of carboxylic acid groups (broad SMARTS) is 1. The summed E-state index contributed by atoms with van der Waals surface area (Å²) in [5.74, 6) is -5.47. The molecular weight excluding hydrogens is 468 g/mol. The van der Waals surface area contributed by atoms with Crippen molar-refractivity contribution in [1.29, 1.82) is 0 Å². The van der Waals surface area contributed by atoms with E-state index in [1.165, 1.54) is 0 Å². The van der Waals surface area contributed by atoms with Crippen LogP contribution in [0.5, 0.6) is 0 Å². The first-order valence-corrected chi connectivity index (χ1v) is 11.8. The Morgan fingerprint density at radius 3 is 1.91 bits per heavy atom. The van der Waals surface area contributed by atoms with E-state index in [0.717, 1.165) is 12.8 Å². The zero-order valence-corrected chi connectivity index (χ0v) is 20.9. The van der Waals surface area contributed by atoms with Crippen LogP contribution in [-0.4, -0.2) is 64.9 Å². The fourth-order valence-electron chi connectivity index (χ4n) is 3.92. The molecule has 1 aliphatic carbocycles. The van der Waals surface area contributed by atoms with Crippen LogP contribution < -0.4 is 16.0 Å². The highest BCUT2D eigenvalue weighted by atomic mass is 19.3. The van der Waals surface area contributed by atoms with Gasteiger partial charge in [-0.15, -0.1) is 0 Å². The van der Waals surface area contributed by atoms with Gasteiger partial charge in [0.2, 0.25) is 18.2 Å². The molecule has 0 aliphatic heterocycles. The number of carbonyl (C=O) groups excluding carboxylic acids is 4. The summed E-state index contributed by atoms with van der Waals surface area (Å²) in [4.78, 5) is 61.2. The van der Waals surface area contributed by atoms with Gasteiger partial charge in [-0.3, -0.25) is 14.4 Å². The van der Waals surface area contributed by atoms with E-state index in [9.17, 15) is 32.8 Å². The van der Waals surface area contributed by atoms with Crippen LogP contribution in [0.3, 0.4) is 0 Å². The molecule has 0 spiro atoms. The maximum Gasteiger partial charge on any atom is 0.408 e. The van der Waals surface area contributed by atoms with Gasteiger partial charge in [-0.05, 0) is 51.9 Å². The highest BCUT2D eigenvalue weighted by molar-refractivity contribution is 6.35. The van der Waals surface area contributed by atoms with Gasteiger partial charge < -0.3 is 25.8 Å². The van der Waals surface area contributed by atoms with Gasteiger partial charge in [-0.25, -0.2) is 18.4 Å². The van der Waals surface area contributed by atoms with Gasteiger partial charge in [0, 0.05) is 6.42 Å². The molecule has 0 aromatic rings. The molecule has 0 saturated heterocycles. The summed E-state index contributed by atoms with van der Waals surface area (Å²) < 4.78 is 31.0. The number of carbonyl (C=O) groups is 5. The molecule has 0 unspecified atom stereocenters. The Hall–Kier alpha value is -2.79. The molecule has 1 fully saturated rings. The molecule has 1 saturated carbocycles. The van der Waals surface area contributed by atoms with E-state index in [-0.39, 0.29) is 18.3 Å². The van der Waals surface area contributed by atoms with Gasteiger partial charge >= 0.3 is 12.1 Å². The molecule has 1 rings (SSSR count). The van der Waals surface area contributed by atoms with Gasteiger partial charge in [0.15, 0.2) is 0 Å². The number of alkyl halides is 2. The molecule has 3 atom stereocenters. The van der Waals surface area contributed by atoms with Crippen LogP contribution in [0.15, 0.2) is 0 Å². The largest absolute Gasteiger partial charge is 0.475 e. The van der Waals surface area contributed by atoms with Crippen molar-refractivity contribution in [3.8, 4) is 0 Å². The number of rotatable bonds is 12. The van der Waals surface area contributed by atoms with E-state index in [0.29, 0.717) is 12.8 Å². The lowest BCUT2D eigenvalue weighted by Crippen LogP contribution is -2.58. The Morgan fingerprint density at radius 2 is 1.46 bits per heavy atom. The van der Waals surface area contributed by atoms with Crippen LogP contribution in [0.25, 0.3) is 0 Å². The molecule has 0 aromatic carbocycles. The van der Waals surface area contributed by atoms with Crippen LogP contribution in [0.2, 0.25) is 0 Å². The zero-order chi connectivity index (χ0) is 26.9. The van der Waals surface area contributed by atoms with E-state index in [2.05, 4.69) is 10.6 Å². The van der Waals surface area contributed by atoms with Crippen molar-refractivity contribution in [3.63, 3.8) is 0 Å². The van der Waals surface area contributed by atoms with Crippen LogP contribution in [-0.2, 0) is 23.9 Å². The Balaban J connectivity index is 3.06. The number of amides is 3. The maximum atomic E-state index is 13.2. The minimum atomic E-state index is -3.04. The molecule has 0 bridgehead atoms. The van der Waals surface area contributed by atoms with Crippen molar-refractivity contribution >= 4 is 29.7 Å². The lowest BCUT2D eigenvalue weighted by Gasteiger charge is -2.29. The van der Waals surface area contributed by atoms with Gasteiger partial charge in [-0.1, -0.05) is 26.7 Å². The predicted molar refractivity (Wildman–Crippen MR) is 122 cm³/mol. The number of carboxylic acids is 1. The van der Waals surface area contributed by atoms with E-state index < -0.39 is 66.2 Å². The quantitative estimate of drug-likeness (QED) is 0.297. The number of ether oxygens (including phenoxy) is 1. The van der Waals surface area contributed by atoms with E-state index >= 15 is 0 Å². The minimum absolute atomic E-state index is 0.0874. The summed E-state index contributed by atoms with van der Waals surface area (Å²) in [5, 5.41) is 16.1. The number of Topliss-reactive ketones (excluding diaryl/α,β-unsaturated/α-hetero) is 1. The number of halogens is 2. The number of hydrogen-bond donors (Lipinski definition) is 4. The van der Waals surface area contributed by atoms with Crippen LogP contribution in [0, 0.1) is 11.8 Å². The van der Waals surface area contributed by atoms with Crippen LogP contribution in [0.4, 0.5) is 13.6 Å². The molecule has 4 N–H and O–H groups in total. The van der Waals surface area contributed by atoms with Gasteiger partial charge in [0.05, 0.1) is 0 Å². The molecular formula is C23H37F2N3O7. The summed E-state index contributed by atoms with van der Waals surface area (Å²) in [7, 11) is 0. The SMILES string of the molecule is CC(C)C[C@H](NC(=O)[C@@H](NC(=O)OC(C)(C)C)C1CCCC1)C(=O)N[C@@H](CC(F)F)C(=O)C(=O)O. The fraction of sp³-hybridized carbons (Fsp3) is 0.783. The first kappa shape index (κ1) is 30.2. The zero-order valence-electron chi connectivity index (χ0n) is 20.9. The van der Waals surface area contributed by atoms with E-state index in [4.69, 9.17) is 9.84 Å². The third-order valence-electron chi connectivity index (χ3n) is 5.42. The van der Waals surface area contributed by atoms with Gasteiger partial charge in [0.25, 0.3) is 5.78 Å². The highest BCUT2D eigenvalue weighted by Gasteiger charge is 2.37. The molecule has 3 amide bonds. The highest BCUT2D eigenvalue weighted by Crippen LogP contribution is 2.28. The number of alkyl carbamates (subject to hydrolysis) is 1. The summed E-state index contributed by atoms with van der Waals surface area (Å²) >= 11 is 0. The first-order chi connectivity index (χ1) is 16.1. The van der Waals surface area contributed by atoms with Crippen molar-refractivity contribution in [3.05, 3.63) is 0 Å². The number of aliphatic carboxylic acids is 1. The molecule has 0 aromatic heterocycles. The average molecular weight is 506 g/mol. The Labute approximate surface area is 203 Å². The average Bonchev–Trinajstić information content (AvgIpc) is 3.22. The number of nitrogens with one attached hydrogen (secondary N) is 3. The van der Waals surface area contributed by atoms with Gasteiger partial charge in [0.1, 0.15) is 23.7 Å². The second-order valence-corrected chi connectivity index (χ2v) is 10.2. The Kier molecular flexibility index (Phi) is 11.5. The topological polar surface area (TPSA) is 151 Å². The summed E-state index contributed by atoms with van der Waals surface area (Å²) in [6.45, 7) is 8.55. The van der Waals surface area contributed by atoms with Crippen LogP contribution in [0.1, 0.15) is 73.1 Å². The summed E-state index contributed by atoms with van der Waals surface area (Å²) in [5.41, 5.74) is -0.794. The monoisotopic (exact) mass is 505 g/mol. The maximum absolute atomic E-state index is 13.2. The summed E-state index contributed by atoms with van der Waals surface area (Å²) in [6, 6.07) is -4.18. The Bertz CT molecular complexity index is 778. The molecule has 0 heterocycles. The summed E-state index contributed by atoms with van der Waals surface area (Å²) in [6.07, 6.45) is -1.82. The third-order valence-corrected chi connectivity index (χ3v) is 5.42. The normalized spacial score (nSPS) is 16.9. The van der Waals surface area contributed by atoms with Crippen molar-refractivity contribution in [1.82, 2.24) is 16.0 Å². The van der Waals surface area contributed by atoms with Crippen molar-refractivity contribution in [2.24, 2.45) is 11.8 Å². The smallest absolute Gasteiger partial charge is 0.408 e. The van der Waals surface area contributed by atoms with Gasteiger partial charge in [-0.2, -0.15) is 0 Å².